The van der Waals surface area contributed by atoms with Crippen molar-refractivity contribution in [3.63, 3.8) is 0 Å². The van der Waals surface area contributed by atoms with Crippen molar-refractivity contribution in [1.29, 1.82) is 0 Å². The second kappa shape index (κ2) is 9.77. The fourth-order valence-electron chi connectivity index (χ4n) is 3.85. The summed E-state index contributed by atoms with van der Waals surface area (Å²) in [5, 5.41) is 4.00. The third kappa shape index (κ3) is 5.18. The van der Waals surface area contributed by atoms with Crippen molar-refractivity contribution in [3.05, 3.63) is 68.1 Å². The van der Waals surface area contributed by atoms with Gasteiger partial charge in [0.2, 0.25) is 0 Å². The summed E-state index contributed by atoms with van der Waals surface area (Å²) in [5.74, 6) is 0.322. The van der Waals surface area contributed by atoms with Crippen molar-refractivity contribution in [2.45, 2.75) is 29.4 Å². The minimum absolute atomic E-state index is 0.155. The van der Waals surface area contributed by atoms with Crippen LogP contribution in [0.5, 0.6) is 5.75 Å². The van der Waals surface area contributed by atoms with E-state index < -0.39 is 15.1 Å². The zero-order valence-corrected chi connectivity index (χ0v) is 21.1. The van der Waals surface area contributed by atoms with E-state index in [1.807, 2.05) is 17.5 Å². The summed E-state index contributed by atoms with van der Waals surface area (Å²) in [4.78, 5) is 7.04. The van der Waals surface area contributed by atoms with E-state index in [9.17, 15) is 8.42 Å². The van der Waals surface area contributed by atoms with Gasteiger partial charge in [-0.2, -0.15) is 0 Å². The van der Waals surface area contributed by atoms with Crippen molar-refractivity contribution in [3.8, 4) is 5.75 Å². The molecule has 2 heterocycles. The molecule has 0 amide bonds. The van der Waals surface area contributed by atoms with Crippen LogP contribution in [0.15, 0.2) is 46.7 Å². The molecule has 0 N–H and O–H groups in total. The van der Waals surface area contributed by atoms with Crippen LogP contribution in [0.2, 0.25) is 15.1 Å². The first-order chi connectivity index (χ1) is 15.3. The molecule has 32 heavy (non-hydrogen) atoms. The van der Waals surface area contributed by atoms with Crippen LogP contribution in [-0.2, 0) is 16.3 Å². The Morgan fingerprint density at radius 1 is 1.06 bits per heavy atom. The third-order valence-corrected chi connectivity index (χ3v) is 9.33. The predicted octanol–water partition coefficient (Wildman–Crippen LogP) is 6.15. The molecule has 0 saturated carbocycles. The first-order valence-corrected chi connectivity index (χ1v) is 13.5. The van der Waals surface area contributed by atoms with E-state index >= 15 is 0 Å². The minimum atomic E-state index is -3.55. The Balaban J connectivity index is 1.44. The van der Waals surface area contributed by atoms with Crippen LogP contribution >= 0.6 is 46.1 Å². The molecular weight excluding hydrogens is 511 g/mol. The van der Waals surface area contributed by atoms with Crippen LogP contribution in [-0.4, -0.2) is 38.9 Å². The van der Waals surface area contributed by atoms with Gasteiger partial charge in [0.1, 0.15) is 10.6 Å². The summed E-state index contributed by atoms with van der Waals surface area (Å²) in [6.07, 6.45) is 1.66. The van der Waals surface area contributed by atoms with Gasteiger partial charge < -0.3 is 9.64 Å². The Morgan fingerprint density at radius 2 is 1.75 bits per heavy atom. The highest BCUT2D eigenvalue weighted by molar-refractivity contribution is 7.92. The molecule has 2 aromatic carbocycles. The van der Waals surface area contributed by atoms with Gasteiger partial charge in [0.15, 0.2) is 15.0 Å². The Morgan fingerprint density at radius 3 is 2.41 bits per heavy atom. The number of aromatic nitrogens is 1. The van der Waals surface area contributed by atoms with Crippen LogP contribution < -0.4 is 9.64 Å². The zero-order chi connectivity index (χ0) is 22.9. The lowest BCUT2D eigenvalue weighted by atomic mass is 10.1. The van der Waals surface area contributed by atoms with E-state index in [1.165, 1.54) is 13.2 Å². The van der Waals surface area contributed by atoms with Gasteiger partial charge in [0, 0.05) is 40.0 Å². The molecule has 0 aliphatic carbocycles. The second-order valence-corrected chi connectivity index (χ2v) is 11.9. The summed E-state index contributed by atoms with van der Waals surface area (Å²) in [6.45, 7) is 1.23. The highest BCUT2D eigenvalue weighted by atomic mass is 35.5. The maximum Gasteiger partial charge on any atom is 0.185 e. The van der Waals surface area contributed by atoms with Gasteiger partial charge >= 0.3 is 0 Å². The number of hydrogen-bond donors (Lipinski definition) is 0. The molecular formula is C22H21Cl3N2O3S2. The summed E-state index contributed by atoms with van der Waals surface area (Å²) in [5.41, 5.74) is 1.93. The number of piperidine rings is 1. The Bertz CT molecular complexity index is 1200. The number of rotatable bonds is 6. The molecule has 1 aliphatic rings. The standard InChI is InChI=1S/C22H21Cl3N2O3S2/c1-30-20-3-2-15(23)12-21(20)32(28,29)19-4-6-27(7-5-19)22-26-18(13-31-22)10-14-8-16(24)11-17(25)9-14/h2-3,8-9,11-13,19H,4-7,10H2,1H3. The number of nitrogens with zero attached hydrogens (tertiary/aromatic N) is 2. The summed E-state index contributed by atoms with van der Waals surface area (Å²) in [7, 11) is -2.09. The first-order valence-electron chi connectivity index (χ1n) is 9.98. The lowest BCUT2D eigenvalue weighted by molar-refractivity contribution is 0.402. The molecule has 0 unspecified atom stereocenters. The fourth-order valence-corrected chi connectivity index (χ4v) is 7.46. The van der Waals surface area contributed by atoms with E-state index in [-0.39, 0.29) is 4.90 Å². The molecule has 1 fully saturated rings. The molecule has 1 aliphatic heterocycles. The summed E-state index contributed by atoms with van der Waals surface area (Å²) >= 11 is 19.8. The number of halogens is 3. The largest absolute Gasteiger partial charge is 0.495 e. The number of benzene rings is 2. The van der Waals surface area contributed by atoms with E-state index in [4.69, 9.17) is 44.5 Å². The normalized spacial score (nSPS) is 15.2. The van der Waals surface area contributed by atoms with Crippen LogP contribution in [0.4, 0.5) is 5.13 Å². The number of sulfone groups is 1. The molecule has 0 atom stereocenters. The Kier molecular flexibility index (Phi) is 7.22. The van der Waals surface area contributed by atoms with Gasteiger partial charge in [0.05, 0.1) is 18.1 Å². The smallest absolute Gasteiger partial charge is 0.185 e. The van der Waals surface area contributed by atoms with Gasteiger partial charge in [-0.3, -0.25) is 0 Å². The van der Waals surface area contributed by atoms with Crippen molar-refractivity contribution in [2.75, 3.05) is 25.1 Å². The van der Waals surface area contributed by atoms with Crippen LogP contribution in [0.3, 0.4) is 0 Å². The van der Waals surface area contributed by atoms with E-state index in [2.05, 4.69) is 4.90 Å². The molecule has 0 spiro atoms. The Labute approximate surface area is 206 Å². The number of anilines is 1. The topological polar surface area (TPSA) is 59.5 Å². The SMILES string of the molecule is COc1ccc(Cl)cc1S(=O)(=O)C1CCN(c2nc(Cc3cc(Cl)cc(Cl)c3)cs2)CC1. The third-order valence-electron chi connectivity index (χ3n) is 5.43. The molecule has 3 aromatic rings. The van der Waals surface area contributed by atoms with Gasteiger partial charge in [-0.1, -0.05) is 34.8 Å². The molecule has 5 nitrogen and oxygen atoms in total. The summed E-state index contributed by atoms with van der Waals surface area (Å²) < 4.78 is 31.7. The monoisotopic (exact) mass is 530 g/mol. The maximum absolute atomic E-state index is 13.2. The van der Waals surface area contributed by atoms with E-state index in [0.29, 0.717) is 53.2 Å². The average Bonchev–Trinajstić information content (AvgIpc) is 3.21. The highest BCUT2D eigenvalue weighted by Gasteiger charge is 2.34. The average molecular weight is 532 g/mol. The predicted molar refractivity (Wildman–Crippen MR) is 132 cm³/mol. The van der Waals surface area contributed by atoms with E-state index in [1.54, 1.807) is 29.5 Å². The molecule has 1 saturated heterocycles. The van der Waals surface area contributed by atoms with Crippen LogP contribution in [0.25, 0.3) is 0 Å². The molecule has 0 bridgehead atoms. The molecule has 0 radical (unpaired) electrons. The quantitative estimate of drug-likeness (QED) is 0.382. The highest BCUT2D eigenvalue weighted by Crippen LogP contribution is 2.34. The van der Waals surface area contributed by atoms with Gasteiger partial charge in [0.25, 0.3) is 0 Å². The van der Waals surface area contributed by atoms with Gasteiger partial charge in [-0.15, -0.1) is 11.3 Å². The van der Waals surface area contributed by atoms with Gasteiger partial charge in [-0.05, 0) is 54.8 Å². The van der Waals surface area contributed by atoms with Crippen LogP contribution in [0.1, 0.15) is 24.1 Å². The van der Waals surface area contributed by atoms with Crippen molar-refractivity contribution in [1.82, 2.24) is 4.98 Å². The van der Waals surface area contributed by atoms with Crippen molar-refractivity contribution < 1.29 is 13.2 Å². The second-order valence-electron chi connectivity index (χ2n) is 7.60. The summed E-state index contributed by atoms with van der Waals surface area (Å²) in [6, 6.07) is 10.2. The van der Waals surface area contributed by atoms with Crippen molar-refractivity contribution in [2.24, 2.45) is 0 Å². The lowest BCUT2D eigenvalue weighted by Crippen LogP contribution is -2.39. The molecule has 10 heteroatoms. The molecule has 4 rings (SSSR count). The molecule has 1 aromatic heterocycles. The Hall–Kier alpha value is -1.51. The van der Waals surface area contributed by atoms with E-state index in [0.717, 1.165) is 16.4 Å². The number of ether oxygens (including phenoxy) is 1. The minimum Gasteiger partial charge on any atom is -0.495 e. The maximum atomic E-state index is 13.2. The van der Waals surface area contributed by atoms with Gasteiger partial charge in [-0.25, -0.2) is 13.4 Å². The van der Waals surface area contributed by atoms with Crippen LogP contribution in [0, 0.1) is 0 Å². The van der Waals surface area contributed by atoms with Crippen molar-refractivity contribution >= 4 is 61.1 Å². The molecule has 170 valence electrons. The fraction of sp³-hybridized carbons (Fsp3) is 0.318. The number of hydrogen-bond acceptors (Lipinski definition) is 6. The lowest BCUT2D eigenvalue weighted by Gasteiger charge is -2.31. The number of methoxy groups -OCH3 is 1. The first kappa shape index (κ1) is 23.6. The zero-order valence-electron chi connectivity index (χ0n) is 17.2. The number of thiazole rings is 1.